The molecule has 0 radical (unpaired) electrons. The maximum absolute atomic E-state index is 5.61. The minimum atomic E-state index is 0.569. The Morgan fingerprint density at radius 1 is 1.27 bits per heavy atom. The fraction of sp³-hybridized carbons (Fsp3) is 0.800. The van der Waals surface area contributed by atoms with Gasteiger partial charge in [-0.05, 0) is 32.2 Å². The Kier molecular flexibility index (Phi) is 5.22. The lowest BCUT2D eigenvalue weighted by atomic mass is 9.93. The molecular weight excluding hydrogens is 134 g/mol. The van der Waals surface area contributed by atoms with E-state index >= 15 is 0 Å². The fourth-order valence-corrected chi connectivity index (χ4v) is 1.44. The van der Waals surface area contributed by atoms with Crippen molar-refractivity contribution in [3.8, 4) is 0 Å². The van der Waals surface area contributed by atoms with Crippen LogP contribution in [0.3, 0.4) is 0 Å². The molecule has 0 heterocycles. The first-order valence-corrected chi connectivity index (χ1v) is 4.55. The van der Waals surface area contributed by atoms with E-state index in [0.29, 0.717) is 5.92 Å². The van der Waals surface area contributed by atoms with Gasteiger partial charge in [-0.25, -0.2) is 0 Å². The van der Waals surface area contributed by atoms with E-state index in [2.05, 4.69) is 27.7 Å². The highest BCUT2D eigenvalue weighted by molar-refractivity contribution is 5.14. The number of rotatable bonds is 4. The number of allylic oxidation sites excluding steroid dienone is 1. The molecule has 1 nitrogen and oxygen atoms in total. The molecule has 0 saturated carbocycles. The van der Waals surface area contributed by atoms with Gasteiger partial charge in [0.15, 0.2) is 0 Å². The van der Waals surface area contributed by atoms with E-state index in [0.717, 1.165) is 19.4 Å². The van der Waals surface area contributed by atoms with Crippen molar-refractivity contribution in [3.05, 3.63) is 11.1 Å². The summed E-state index contributed by atoms with van der Waals surface area (Å²) in [4.78, 5) is 0. The Labute approximate surface area is 70.7 Å². The quantitative estimate of drug-likeness (QED) is 0.621. The normalized spacial score (nSPS) is 16.1. The third-order valence-corrected chi connectivity index (χ3v) is 2.41. The second kappa shape index (κ2) is 5.36. The van der Waals surface area contributed by atoms with E-state index in [4.69, 9.17) is 5.73 Å². The Hall–Kier alpha value is -0.300. The molecule has 66 valence electrons. The second-order valence-corrected chi connectivity index (χ2v) is 3.15. The van der Waals surface area contributed by atoms with Crippen molar-refractivity contribution >= 4 is 0 Å². The topological polar surface area (TPSA) is 26.0 Å². The van der Waals surface area contributed by atoms with Crippen LogP contribution in [0.15, 0.2) is 11.1 Å². The highest BCUT2D eigenvalue weighted by atomic mass is 14.5. The molecule has 0 aromatic rings. The number of hydrogen-bond acceptors (Lipinski definition) is 1. The van der Waals surface area contributed by atoms with Crippen LogP contribution in [0, 0.1) is 5.92 Å². The minimum Gasteiger partial charge on any atom is -0.330 e. The van der Waals surface area contributed by atoms with Crippen LogP contribution in [0.5, 0.6) is 0 Å². The summed E-state index contributed by atoms with van der Waals surface area (Å²) in [5.41, 5.74) is 8.68. The zero-order valence-electron chi connectivity index (χ0n) is 8.28. The van der Waals surface area contributed by atoms with Gasteiger partial charge in [0.2, 0.25) is 0 Å². The summed E-state index contributed by atoms with van der Waals surface area (Å²) in [7, 11) is 0. The van der Waals surface area contributed by atoms with Crippen LogP contribution in [-0.2, 0) is 0 Å². The van der Waals surface area contributed by atoms with Gasteiger partial charge in [-0.1, -0.05) is 31.9 Å². The molecule has 0 rings (SSSR count). The SMILES string of the molecule is CC/C(C)=C(\CC)C(C)CN. The van der Waals surface area contributed by atoms with E-state index in [1.807, 2.05) is 0 Å². The summed E-state index contributed by atoms with van der Waals surface area (Å²) in [6.45, 7) is 9.61. The predicted octanol–water partition coefficient (Wildman–Crippen LogP) is 2.72. The van der Waals surface area contributed by atoms with Gasteiger partial charge in [0.1, 0.15) is 0 Å². The molecule has 0 aliphatic heterocycles. The van der Waals surface area contributed by atoms with Crippen LogP contribution in [0.4, 0.5) is 0 Å². The van der Waals surface area contributed by atoms with Gasteiger partial charge in [0.05, 0.1) is 0 Å². The van der Waals surface area contributed by atoms with Crippen LogP contribution >= 0.6 is 0 Å². The fourth-order valence-electron chi connectivity index (χ4n) is 1.44. The van der Waals surface area contributed by atoms with Crippen molar-refractivity contribution in [2.45, 2.75) is 40.5 Å². The summed E-state index contributed by atoms with van der Waals surface area (Å²) in [6, 6.07) is 0. The average molecular weight is 155 g/mol. The molecule has 0 aromatic carbocycles. The van der Waals surface area contributed by atoms with Gasteiger partial charge >= 0.3 is 0 Å². The highest BCUT2D eigenvalue weighted by Gasteiger charge is 2.06. The molecular formula is C10H21N. The monoisotopic (exact) mass is 155 g/mol. The van der Waals surface area contributed by atoms with Gasteiger partial charge in [-0.3, -0.25) is 0 Å². The summed E-state index contributed by atoms with van der Waals surface area (Å²) in [5, 5.41) is 0. The molecule has 0 spiro atoms. The Morgan fingerprint density at radius 3 is 2.09 bits per heavy atom. The van der Waals surface area contributed by atoms with E-state index in [9.17, 15) is 0 Å². The molecule has 0 amide bonds. The van der Waals surface area contributed by atoms with Gasteiger partial charge in [0.25, 0.3) is 0 Å². The van der Waals surface area contributed by atoms with E-state index in [1.165, 1.54) is 5.57 Å². The van der Waals surface area contributed by atoms with Gasteiger partial charge < -0.3 is 5.73 Å². The molecule has 0 aliphatic rings. The zero-order valence-corrected chi connectivity index (χ0v) is 8.28. The number of hydrogen-bond donors (Lipinski definition) is 1. The number of nitrogens with two attached hydrogens (primary N) is 1. The van der Waals surface area contributed by atoms with Crippen LogP contribution < -0.4 is 5.73 Å². The third-order valence-electron chi connectivity index (χ3n) is 2.41. The minimum absolute atomic E-state index is 0.569. The molecule has 11 heavy (non-hydrogen) atoms. The summed E-state index contributed by atoms with van der Waals surface area (Å²) < 4.78 is 0. The summed E-state index contributed by atoms with van der Waals surface area (Å²) >= 11 is 0. The molecule has 1 unspecified atom stereocenters. The zero-order chi connectivity index (χ0) is 8.85. The van der Waals surface area contributed by atoms with E-state index < -0.39 is 0 Å². The summed E-state index contributed by atoms with van der Waals surface area (Å²) in [5.74, 6) is 0.569. The standard InChI is InChI=1S/C10H21N/c1-5-8(3)10(6-2)9(4)7-11/h9H,5-7,11H2,1-4H3/b10-8+. The maximum Gasteiger partial charge on any atom is -0.00141 e. The van der Waals surface area contributed by atoms with E-state index in [-0.39, 0.29) is 0 Å². The molecule has 2 N–H and O–H groups in total. The van der Waals surface area contributed by atoms with Gasteiger partial charge in [0, 0.05) is 0 Å². The van der Waals surface area contributed by atoms with Crippen molar-refractivity contribution < 1.29 is 0 Å². The van der Waals surface area contributed by atoms with Gasteiger partial charge in [-0.2, -0.15) is 0 Å². The average Bonchev–Trinajstić information content (AvgIpc) is 2.05. The second-order valence-electron chi connectivity index (χ2n) is 3.15. The molecule has 1 atom stereocenters. The van der Waals surface area contributed by atoms with Crippen molar-refractivity contribution in [1.82, 2.24) is 0 Å². The Morgan fingerprint density at radius 2 is 1.82 bits per heavy atom. The molecule has 0 bridgehead atoms. The summed E-state index contributed by atoms with van der Waals surface area (Å²) in [6.07, 6.45) is 2.31. The van der Waals surface area contributed by atoms with Crippen LogP contribution in [0.2, 0.25) is 0 Å². The van der Waals surface area contributed by atoms with Crippen molar-refractivity contribution in [3.63, 3.8) is 0 Å². The van der Waals surface area contributed by atoms with E-state index in [1.54, 1.807) is 5.57 Å². The Bertz CT molecular complexity index is 136. The lowest BCUT2D eigenvalue weighted by Gasteiger charge is -2.15. The highest BCUT2D eigenvalue weighted by Crippen LogP contribution is 2.19. The first-order valence-electron chi connectivity index (χ1n) is 4.55. The van der Waals surface area contributed by atoms with Crippen LogP contribution in [0.1, 0.15) is 40.5 Å². The van der Waals surface area contributed by atoms with Gasteiger partial charge in [-0.15, -0.1) is 0 Å². The third kappa shape index (κ3) is 3.06. The maximum atomic E-state index is 5.61. The lowest BCUT2D eigenvalue weighted by molar-refractivity contribution is 0.654. The van der Waals surface area contributed by atoms with Crippen LogP contribution in [-0.4, -0.2) is 6.54 Å². The molecule has 0 aliphatic carbocycles. The van der Waals surface area contributed by atoms with Crippen molar-refractivity contribution in [2.24, 2.45) is 11.7 Å². The Balaban J connectivity index is 4.36. The van der Waals surface area contributed by atoms with Crippen LogP contribution in [0.25, 0.3) is 0 Å². The molecule has 0 aromatic heterocycles. The van der Waals surface area contributed by atoms with Crippen molar-refractivity contribution in [1.29, 1.82) is 0 Å². The largest absolute Gasteiger partial charge is 0.330 e. The molecule has 0 fully saturated rings. The van der Waals surface area contributed by atoms with Crippen molar-refractivity contribution in [2.75, 3.05) is 6.54 Å². The lowest BCUT2D eigenvalue weighted by Crippen LogP contribution is -2.13. The first-order chi connectivity index (χ1) is 5.17. The first kappa shape index (κ1) is 10.7. The molecule has 1 heteroatoms. The molecule has 0 saturated heterocycles. The predicted molar refractivity (Wildman–Crippen MR) is 51.5 cm³/mol. The smallest absolute Gasteiger partial charge is 0.00141 e.